The molecule has 8 nitrogen and oxygen atoms in total. The van der Waals surface area contributed by atoms with E-state index >= 15 is 0 Å². The molecule has 2 aromatic rings. The van der Waals surface area contributed by atoms with Crippen molar-refractivity contribution in [1.82, 2.24) is 30.0 Å². The molecule has 0 radical (unpaired) electrons. The SMILES string of the molecule is O=C(C#Cc1ccccc1)N1CCC2(CC1)CCN(C(=O)Cn1cnnn1)C2. The number of aromatic nitrogens is 4. The topological polar surface area (TPSA) is 84.2 Å². The Labute approximate surface area is 163 Å². The first-order valence-corrected chi connectivity index (χ1v) is 9.48. The van der Waals surface area contributed by atoms with Crippen LogP contribution in [0.2, 0.25) is 0 Å². The third-order valence-corrected chi connectivity index (χ3v) is 5.68. The van der Waals surface area contributed by atoms with Crippen LogP contribution in [0.1, 0.15) is 24.8 Å². The summed E-state index contributed by atoms with van der Waals surface area (Å²) in [4.78, 5) is 28.6. The maximum Gasteiger partial charge on any atom is 0.298 e. The maximum absolute atomic E-state index is 12.5. The van der Waals surface area contributed by atoms with Crippen molar-refractivity contribution in [2.45, 2.75) is 25.8 Å². The van der Waals surface area contributed by atoms with Gasteiger partial charge >= 0.3 is 0 Å². The molecule has 4 rings (SSSR count). The van der Waals surface area contributed by atoms with E-state index in [1.54, 1.807) is 0 Å². The van der Waals surface area contributed by atoms with Gasteiger partial charge < -0.3 is 9.80 Å². The highest BCUT2D eigenvalue weighted by atomic mass is 16.2. The van der Waals surface area contributed by atoms with Gasteiger partial charge in [0.15, 0.2) is 0 Å². The molecule has 2 aliphatic heterocycles. The van der Waals surface area contributed by atoms with Crippen molar-refractivity contribution in [1.29, 1.82) is 0 Å². The molecule has 0 aliphatic carbocycles. The van der Waals surface area contributed by atoms with Crippen LogP contribution in [-0.2, 0) is 16.1 Å². The third kappa shape index (κ3) is 4.03. The second-order valence-corrected chi connectivity index (χ2v) is 7.48. The van der Waals surface area contributed by atoms with Crippen molar-refractivity contribution in [3.63, 3.8) is 0 Å². The van der Waals surface area contributed by atoms with E-state index in [0.717, 1.165) is 37.9 Å². The van der Waals surface area contributed by atoms with E-state index in [0.29, 0.717) is 13.1 Å². The smallest absolute Gasteiger partial charge is 0.298 e. The van der Waals surface area contributed by atoms with Crippen LogP contribution in [0.3, 0.4) is 0 Å². The first-order valence-electron chi connectivity index (χ1n) is 9.48. The molecular weight excluding hydrogens is 356 g/mol. The molecule has 2 fully saturated rings. The lowest BCUT2D eigenvalue weighted by atomic mass is 9.78. The van der Waals surface area contributed by atoms with E-state index in [2.05, 4.69) is 27.4 Å². The summed E-state index contributed by atoms with van der Waals surface area (Å²) in [5.41, 5.74) is 0.955. The van der Waals surface area contributed by atoms with Gasteiger partial charge in [-0.1, -0.05) is 24.1 Å². The Morgan fingerprint density at radius 1 is 1.04 bits per heavy atom. The molecule has 8 heteroatoms. The highest BCUT2D eigenvalue weighted by Gasteiger charge is 2.42. The van der Waals surface area contributed by atoms with E-state index < -0.39 is 0 Å². The predicted molar refractivity (Wildman–Crippen MR) is 101 cm³/mol. The van der Waals surface area contributed by atoms with Crippen molar-refractivity contribution in [2.75, 3.05) is 26.2 Å². The standard InChI is InChI=1S/C20H22N6O2/c27-18(7-6-17-4-2-1-3-5-17)24-11-8-20(9-12-24)10-13-25(15-20)19(28)14-26-16-21-22-23-26/h1-5,16H,8-15H2. The fourth-order valence-corrected chi connectivity index (χ4v) is 3.96. The van der Waals surface area contributed by atoms with E-state index in [1.165, 1.54) is 11.0 Å². The fraction of sp³-hybridized carbons (Fsp3) is 0.450. The zero-order valence-electron chi connectivity index (χ0n) is 15.6. The Morgan fingerprint density at radius 3 is 2.43 bits per heavy atom. The fourth-order valence-electron chi connectivity index (χ4n) is 3.96. The number of amides is 2. The molecule has 1 spiro atoms. The average molecular weight is 378 g/mol. The third-order valence-electron chi connectivity index (χ3n) is 5.68. The molecule has 0 bridgehead atoms. The van der Waals surface area contributed by atoms with Gasteiger partial charge in [-0.2, -0.15) is 0 Å². The molecule has 2 amide bonds. The second kappa shape index (κ2) is 7.80. The van der Waals surface area contributed by atoms with Crippen LogP contribution in [0, 0.1) is 17.3 Å². The minimum atomic E-state index is -0.122. The highest BCUT2D eigenvalue weighted by Crippen LogP contribution is 2.40. The number of carbonyl (C=O) groups excluding carboxylic acids is 2. The molecule has 0 saturated carbocycles. The van der Waals surface area contributed by atoms with Gasteiger partial charge in [-0.3, -0.25) is 9.59 Å². The molecule has 0 unspecified atom stereocenters. The maximum atomic E-state index is 12.5. The number of rotatable bonds is 2. The van der Waals surface area contributed by atoms with Gasteiger partial charge in [0, 0.05) is 37.7 Å². The molecule has 1 aromatic carbocycles. The first-order chi connectivity index (χ1) is 13.6. The van der Waals surface area contributed by atoms with Gasteiger partial charge in [0.05, 0.1) is 0 Å². The van der Waals surface area contributed by atoms with Crippen LogP contribution >= 0.6 is 0 Å². The monoisotopic (exact) mass is 378 g/mol. The van der Waals surface area contributed by atoms with E-state index in [-0.39, 0.29) is 23.8 Å². The summed E-state index contributed by atoms with van der Waals surface area (Å²) in [6.07, 6.45) is 4.23. The molecule has 2 saturated heterocycles. The van der Waals surface area contributed by atoms with Gasteiger partial charge in [-0.05, 0) is 47.2 Å². The summed E-state index contributed by atoms with van der Waals surface area (Å²) in [7, 11) is 0. The molecule has 28 heavy (non-hydrogen) atoms. The Balaban J connectivity index is 1.30. The lowest BCUT2D eigenvalue weighted by Crippen LogP contribution is -2.44. The Kier molecular flexibility index (Phi) is 5.06. The van der Waals surface area contributed by atoms with Gasteiger partial charge in [-0.15, -0.1) is 5.10 Å². The predicted octanol–water partition coefficient (Wildman–Crippen LogP) is 0.566. The van der Waals surface area contributed by atoms with E-state index in [1.807, 2.05) is 40.1 Å². The van der Waals surface area contributed by atoms with Crippen molar-refractivity contribution < 1.29 is 9.59 Å². The van der Waals surface area contributed by atoms with Crippen LogP contribution < -0.4 is 0 Å². The number of piperidine rings is 1. The van der Waals surface area contributed by atoms with Crippen LogP contribution in [0.4, 0.5) is 0 Å². The van der Waals surface area contributed by atoms with Crippen molar-refractivity contribution >= 4 is 11.8 Å². The van der Waals surface area contributed by atoms with Crippen LogP contribution in [0.25, 0.3) is 0 Å². The van der Waals surface area contributed by atoms with Gasteiger partial charge in [0.1, 0.15) is 12.9 Å². The molecule has 2 aliphatic rings. The van der Waals surface area contributed by atoms with Crippen LogP contribution in [0.15, 0.2) is 36.7 Å². The molecular formula is C20H22N6O2. The summed E-state index contributed by atoms with van der Waals surface area (Å²) < 4.78 is 1.44. The molecule has 0 atom stereocenters. The summed E-state index contributed by atoms with van der Waals surface area (Å²) in [6.45, 7) is 3.05. The minimum absolute atomic E-state index is 0.0383. The summed E-state index contributed by atoms with van der Waals surface area (Å²) in [6, 6.07) is 9.53. The van der Waals surface area contributed by atoms with Crippen LogP contribution in [0.5, 0.6) is 0 Å². The first kappa shape index (κ1) is 18.2. The largest absolute Gasteiger partial charge is 0.341 e. The number of tetrazole rings is 1. The molecule has 144 valence electrons. The number of likely N-dealkylation sites (tertiary alicyclic amines) is 2. The van der Waals surface area contributed by atoms with Crippen molar-refractivity contribution in [3.05, 3.63) is 42.2 Å². The zero-order valence-corrected chi connectivity index (χ0v) is 15.6. The van der Waals surface area contributed by atoms with Crippen LogP contribution in [-0.4, -0.2) is 68.0 Å². The number of carbonyl (C=O) groups is 2. The number of benzene rings is 1. The van der Waals surface area contributed by atoms with E-state index in [9.17, 15) is 9.59 Å². The summed E-state index contributed by atoms with van der Waals surface area (Å²) in [5, 5.41) is 10.9. The van der Waals surface area contributed by atoms with Crippen molar-refractivity contribution in [2.24, 2.45) is 5.41 Å². The summed E-state index contributed by atoms with van der Waals surface area (Å²) >= 11 is 0. The average Bonchev–Trinajstić information content (AvgIpc) is 3.38. The zero-order chi connectivity index (χ0) is 19.4. The Bertz CT molecular complexity index is 892. The number of hydrogen-bond acceptors (Lipinski definition) is 5. The van der Waals surface area contributed by atoms with Crippen molar-refractivity contribution in [3.8, 4) is 11.8 Å². The normalized spacial score (nSPS) is 18.0. The number of hydrogen-bond donors (Lipinski definition) is 0. The highest BCUT2D eigenvalue weighted by molar-refractivity contribution is 5.94. The van der Waals surface area contributed by atoms with Gasteiger partial charge in [0.25, 0.3) is 5.91 Å². The Hall–Kier alpha value is -3.21. The van der Waals surface area contributed by atoms with E-state index in [4.69, 9.17) is 0 Å². The van der Waals surface area contributed by atoms with Gasteiger partial charge in [-0.25, -0.2) is 4.68 Å². The van der Waals surface area contributed by atoms with Gasteiger partial charge in [0.2, 0.25) is 5.91 Å². The minimum Gasteiger partial charge on any atom is -0.341 e. The molecule has 3 heterocycles. The quantitative estimate of drug-likeness (QED) is 0.713. The lowest BCUT2D eigenvalue weighted by molar-refractivity contribution is -0.132. The molecule has 0 N–H and O–H groups in total. The number of nitrogens with zero attached hydrogens (tertiary/aromatic N) is 6. The summed E-state index contributed by atoms with van der Waals surface area (Å²) in [5.74, 6) is 5.60. The Morgan fingerprint density at radius 2 is 1.75 bits per heavy atom. The second-order valence-electron chi connectivity index (χ2n) is 7.48. The molecule has 1 aromatic heterocycles. The lowest BCUT2D eigenvalue weighted by Gasteiger charge is -2.38.